The van der Waals surface area contributed by atoms with Crippen LogP contribution in [0.15, 0.2) is 30.3 Å². The zero-order chi connectivity index (χ0) is 14.4. The third-order valence-corrected chi connectivity index (χ3v) is 3.16. The molecule has 0 spiro atoms. The summed E-state index contributed by atoms with van der Waals surface area (Å²) in [6.45, 7) is 0.222. The Labute approximate surface area is 118 Å². The second-order valence-electron chi connectivity index (χ2n) is 4.69. The highest BCUT2D eigenvalue weighted by Crippen LogP contribution is 2.29. The first-order valence-corrected chi connectivity index (χ1v) is 6.80. The second kappa shape index (κ2) is 6.86. The second-order valence-corrected chi connectivity index (χ2v) is 4.69. The quantitative estimate of drug-likeness (QED) is 0.699. The summed E-state index contributed by atoms with van der Waals surface area (Å²) in [5.41, 5.74) is 14.4. The number of unbranched alkanes of at least 4 members (excludes halogenated alkanes) is 2. The van der Waals surface area contributed by atoms with Crippen LogP contribution in [-0.2, 0) is 6.42 Å². The van der Waals surface area contributed by atoms with Crippen LogP contribution in [0.4, 0.5) is 11.8 Å². The van der Waals surface area contributed by atoms with E-state index in [-0.39, 0.29) is 12.6 Å². The average molecular weight is 272 g/mol. The number of hydrogen-bond acceptors (Lipinski definition) is 5. The molecule has 1 heterocycles. The van der Waals surface area contributed by atoms with E-state index in [1.165, 1.54) is 0 Å². The Morgan fingerprint density at radius 2 is 1.70 bits per heavy atom. The molecule has 0 amide bonds. The van der Waals surface area contributed by atoms with Crippen molar-refractivity contribution in [3.8, 4) is 11.1 Å². The van der Waals surface area contributed by atoms with Gasteiger partial charge in [0.1, 0.15) is 5.82 Å². The van der Waals surface area contributed by atoms with Crippen molar-refractivity contribution in [2.75, 3.05) is 18.1 Å². The molecule has 0 aliphatic rings. The number of aliphatic hydroxyl groups excluding tert-OH is 1. The van der Waals surface area contributed by atoms with Gasteiger partial charge in [0.15, 0.2) is 0 Å². The zero-order valence-corrected chi connectivity index (χ0v) is 11.4. The molecule has 0 bridgehead atoms. The van der Waals surface area contributed by atoms with Gasteiger partial charge in [-0.15, -0.1) is 0 Å². The SMILES string of the molecule is Nc1nc(N)c(-c2ccccc2)c(CCCCCO)n1. The van der Waals surface area contributed by atoms with E-state index in [0.717, 1.165) is 42.5 Å². The van der Waals surface area contributed by atoms with Crippen molar-refractivity contribution in [2.45, 2.75) is 25.7 Å². The van der Waals surface area contributed by atoms with E-state index < -0.39 is 0 Å². The molecular formula is C15H20N4O. The summed E-state index contributed by atoms with van der Waals surface area (Å²) in [4.78, 5) is 8.39. The molecule has 20 heavy (non-hydrogen) atoms. The zero-order valence-electron chi connectivity index (χ0n) is 11.4. The van der Waals surface area contributed by atoms with E-state index in [1.54, 1.807) is 0 Å². The lowest BCUT2D eigenvalue weighted by molar-refractivity contribution is 0.283. The number of nitrogens with zero attached hydrogens (tertiary/aromatic N) is 2. The average Bonchev–Trinajstić information content (AvgIpc) is 2.44. The van der Waals surface area contributed by atoms with Gasteiger partial charge in [-0.2, -0.15) is 4.98 Å². The minimum atomic E-state index is 0.208. The topological polar surface area (TPSA) is 98.0 Å². The Bertz CT molecular complexity index is 557. The molecule has 5 nitrogen and oxygen atoms in total. The predicted octanol–water partition coefficient (Wildman–Crippen LogP) is 2.01. The Hall–Kier alpha value is -2.14. The molecule has 2 aromatic rings. The van der Waals surface area contributed by atoms with E-state index in [1.807, 2.05) is 30.3 Å². The summed E-state index contributed by atoms with van der Waals surface area (Å²) >= 11 is 0. The van der Waals surface area contributed by atoms with Gasteiger partial charge >= 0.3 is 0 Å². The van der Waals surface area contributed by atoms with E-state index in [9.17, 15) is 0 Å². The summed E-state index contributed by atoms with van der Waals surface area (Å²) in [7, 11) is 0. The smallest absolute Gasteiger partial charge is 0.222 e. The van der Waals surface area contributed by atoms with Gasteiger partial charge in [0.05, 0.1) is 5.69 Å². The summed E-state index contributed by atoms with van der Waals surface area (Å²) < 4.78 is 0. The van der Waals surface area contributed by atoms with Crippen molar-refractivity contribution >= 4 is 11.8 Å². The molecule has 106 valence electrons. The highest BCUT2D eigenvalue weighted by Gasteiger charge is 2.13. The lowest BCUT2D eigenvalue weighted by atomic mass is 10.0. The van der Waals surface area contributed by atoms with Gasteiger partial charge in [-0.25, -0.2) is 4.98 Å². The standard InChI is InChI=1S/C15H20N4O/c16-14-13(11-7-3-1-4-8-11)12(18-15(17)19-14)9-5-2-6-10-20/h1,3-4,7-8,20H,2,5-6,9-10H2,(H4,16,17,18,19). The fourth-order valence-corrected chi connectivity index (χ4v) is 2.23. The molecule has 0 saturated heterocycles. The van der Waals surface area contributed by atoms with Crippen LogP contribution in [0.3, 0.4) is 0 Å². The van der Waals surface area contributed by atoms with Crippen LogP contribution >= 0.6 is 0 Å². The van der Waals surface area contributed by atoms with Gasteiger partial charge in [0.2, 0.25) is 5.95 Å². The number of aromatic nitrogens is 2. The Morgan fingerprint density at radius 3 is 2.40 bits per heavy atom. The molecular weight excluding hydrogens is 252 g/mol. The maximum absolute atomic E-state index is 8.82. The van der Waals surface area contributed by atoms with Crippen molar-refractivity contribution in [2.24, 2.45) is 0 Å². The lowest BCUT2D eigenvalue weighted by Gasteiger charge is -2.12. The van der Waals surface area contributed by atoms with E-state index in [2.05, 4.69) is 9.97 Å². The van der Waals surface area contributed by atoms with Crippen LogP contribution in [0, 0.1) is 0 Å². The van der Waals surface area contributed by atoms with Crippen molar-refractivity contribution in [1.82, 2.24) is 9.97 Å². The summed E-state index contributed by atoms with van der Waals surface area (Å²) in [5.74, 6) is 0.625. The maximum atomic E-state index is 8.82. The molecule has 0 saturated carbocycles. The Kier molecular flexibility index (Phi) is 4.90. The predicted molar refractivity (Wildman–Crippen MR) is 80.9 cm³/mol. The number of aryl methyl sites for hydroxylation is 1. The largest absolute Gasteiger partial charge is 0.396 e. The van der Waals surface area contributed by atoms with E-state index >= 15 is 0 Å². The molecule has 0 atom stereocenters. The number of nitrogen functional groups attached to an aromatic ring is 2. The lowest BCUT2D eigenvalue weighted by Crippen LogP contribution is -2.07. The maximum Gasteiger partial charge on any atom is 0.222 e. The molecule has 5 N–H and O–H groups in total. The van der Waals surface area contributed by atoms with Gasteiger partial charge in [0, 0.05) is 12.2 Å². The first kappa shape index (κ1) is 14.3. The van der Waals surface area contributed by atoms with Crippen molar-refractivity contribution in [3.63, 3.8) is 0 Å². The summed E-state index contributed by atoms with van der Waals surface area (Å²) in [6.07, 6.45) is 3.47. The number of rotatable bonds is 6. The number of hydrogen-bond donors (Lipinski definition) is 3. The van der Waals surface area contributed by atoms with Crippen LogP contribution in [0.25, 0.3) is 11.1 Å². The minimum absolute atomic E-state index is 0.208. The molecule has 0 fully saturated rings. The normalized spacial score (nSPS) is 10.7. The fourth-order valence-electron chi connectivity index (χ4n) is 2.23. The van der Waals surface area contributed by atoms with Crippen molar-refractivity contribution < 1.29 is 5.11 Å². The van der Waals surface area contributed by atoms with Gasteiger partial charge in [-0.3, -0.25) is 0 Å². The highest BCUT2D eigenvalue weighted by atomic mass is 16.2. The van der Waals surface area contributed by atoms with Crippen LogP contribution in [0.2, 0.25) is 0 Å². The first-order valence-electron chi connectivity index (χ1n) is 6.80. The third-order valence-electron chi connectivity index (χ3n) is 3.16. The fraction of sp³-hybridized carbons (Fsp3) is 0.333. The molecule has 0 aliphatic carbocycles. The molecule has 1 aromatic heterocycles. The van der Waals surface area contributed by atoms with Crippen LogP contribution in [0.5, 0.6) is 0 Å². The molecule has 1 aromatic carbocycles. The van der Waals surface area contributed by atoms with Gasteiger partial charge in [-0.05, 0) is 24.8 Å². The van der Waals surface area contributed by atoms with E-state index in [4.69, 9.17) is 16.6 Å². The number of anilines is 2. The van der Waals surface area contributed by atoms with Crippen molar-refractivity contribution in [3.05, 3.63) is 36.0 Å². The van der Waals surface area contributed by atoms with Gasteiger partial charge < -0.3 is 16.6 Å². The number of aliphatic hydroxyl groups is 1. The minimum Gasteiger partial charge on any atom is -0.396 e. The van der Waals surface area contributed by atoms with Crippen LogP contribution in [0.1, 0.15) is 25.0 Å². The molecule has 2 rings (SSSR count). The Balaban J connectivity index is 2.29. The van der Waals surface area contributed by atoms with Gasteiger partial charge in [0.25, 0.3) is 0 Å². The summed E-state index contributed by atoms with van der Waals surface area (Å²) in [5, 5.41) is 8.82. The molecule has 0 unspecified atom stereocenters. The van der Waals surface area contributed by atoms with Crippen molar-refractivity contribution in [1.29, 1.82) is 0 Å². The molecule has 0 aliphatic heterocycles. The monoisotopic (exact) mass is 272 g/mol. The first-order chi connectivity index (χ1) is 9.72. The van der Waals surface area contributed by atoms with E-state index in [0.29, 0.717) is 5.82 Å². The number of nitrogens with two attached hydrogens (primary N) is 2. The molecule has 0 radical (unpaired) electrons. The number of benzene rings is 1. The van der Waals surface area contributed by atoms with Crippen LogP contribution < -0.4 is 11.5 Å². The highest BCUT2D eigenvalue weighted by molar-refractivity contribution is 5.76. The van der Waals surface area contributed by atoms with Gasteiger partial charge in [-0.1, -0.05) is 36.8 Å². The summed E-state index contributed by atoms with van der Waals surface area (Å²) in [6, 6.07) is 9.85. The Morgan fingerprint density at radius 1 is 0.950 bits per heavy atom. The molecule has 5 heteroatoms. The van der Waals surface area contributed by atoms with Crippen LogP contribution in [-0.4, -0.2) is 21.7 Å². The third kappa shape index (κ3) is 3.45.